The van der Waals surface area contributed by atoms with E-state index < -0.39 is 10.0 Å². The number of aryl methyl sites for hydroxylation is 1. The van der Waals surface area contributed by atoms with Crippen molar-refractivity contribution in [2.75, 3.05) is 13.1 Å². The minimum atomic E-state index is -3.60. The molecular weight excluding hydrogens is 414 g/mol. The Morgan fingerprint density at radius 1 is 1.10 bits per heavy atom. The fourth-order valence-electron chi connectivity index (χ4n) is 4.31. The van der Waals surface area contributed by atoms with Crippen LogP contribution >= 0.6 is 0 Å². The molecule has 1 aromatic carbocycles. The van der Waals surface area contributed by atoms with Crippen molar-refractivity contribution >= 4 is 22.0 Å². The minimum absolute atomic E-state index is 0.0526. The van der Waals surface area contributed by atoms with E-state index in [-0.39, 0.29) is 24.9 Å². The molecule has 1 aromatic heterocycles. The Morgan fingerprint density at radius 2 is 1.94 bits per heavy atom. The van der Waals surface area contributed by atoms with E-state index in [9.17, 15) is 13.2 Å². The van der Waals surface area contributed by atoms with Crippen molar-refractivity contribution in [2.45, 2.75) is 57.5 Å². The fourth-order valence-corrected chi connectivity index (χ4v) is 5.13. The van der Waals surface area contributed by atoms with Crippen LogP contribution in [0.3, 0.4) is 0 Å². The summed E-state index contributed by atoms with van der Waals surface area (Å²) in [5.41, 5.74) is 0.802. The zero-order valence-corrected chi connectivity index (χ0v) is 18.4. The molecule has 0 saturated carbocycles. The van der Waals surface area contributed by atoms with Gasteiger partial charge in [-0.25, -0.2) is 13.1 Å². The number of rotatable bonds is 7. The number of amides is 1. The zero-order valence-electron chi connectivity index (χ0n) is 17.6. The smallest absolute Gasteiger partial charge is 0.233 e. The van der Waals surface area contributed by atoms with Crippen molar-refractivity contribution in [1.82, 2.24) is 24.4 Å². The summed E-state index contributed by atoms with van der Waals surface area (Å²) in [7, 11) is -3.60. The van der Waals surface area contributed by atoms with Crippen LogP contribution in [0, 0.1) is 0 Å². The molecule has 1 unspecified atom stereocenters. The van der Waals surface area contributed by atoms with Crippen LogP contribution in [0.1, 0.15) is 61.8 Å². The van der Waals surface area contributed by atoms with Crippen LogP contribution in [0.5, 0.6) is 0 Å². The Kier molecular flexibility index (Phi) is 6.82. The van der Waals surface area contributed by atoms with E-state index in [4.69, 9.17) is 0 Å². The molecule has 0 radical (unpaired) electrons. The Morgan fingerprint density at radius 3 is 2.77 bits per heavy atom. The molecule has 1 atom stereocenters. The highest BCUT2D eigenvalue weighted by atomic mass is 32.2. The summed E-state index contributed by atoms with van der Waals surface area (Å²) in [5, 5.41) is 9.93. The predicted molar refractivity (Wildman–Crippen MR) is 118 cm³/mol. The number of hydrogen-bond donors (Lipinski definition) is 1. The summed E-state index contributed by atoms with van der Waals surface area (Å²) in [4.78, 5) is 14.7. The molecule has 3 heterocycles. The highest BCUT2D eigenvalue weighted by Gasteiger charge is 2.34. The lowest BCUT2D eigenvalue weighted by Gasteiger charge is -2.24. The minimum Gasteiger partial charge on any atom is -0.332 e. The molecule has 31 heavy (non-hydrogen) atoms. The van der Waals surface area contributed by atoms with Gasteiger partial charge >= 0.3 is 0 Å². The Balaban J connectivity index is 1.34. The fraction of sp³-hybridized carbons (Fsp3) is 0.500. The van der Waals surface area contributed by atoms with E-state index >= 15 is 0 Å². The molecular formula is C22H29N5O3S. The molecule has 0 bridgehead atoms. The lowest BCUT2D eigenvalue weighted by atomic mass is 10.2. The standard InChI is InChI=1S/C22H29N5O3S/c28-21(12-14-23-31(29,30)17-13-18-8-3-1-4-9-18)26-16-7-10-19(26)22-25-24-20-11-5-2-6-15-27(20)22/h1,3-4,8-9,13,17,19,23H,2,5-7,10-12,14-16H2/b17-13+. The van der Waals surface area contributed by atoms with Crippen molar-refractivity contribution < 1.29 is 13.2 Å². The van der Waals surface area contributed by atoms with Crippen LogP contribution in [-0.4, -0.2) is 47.1 Å². The normalized spacial score (nSPS) is 19.5. The van der Waals surface area contributed by atoms with Crippen molar-refractivity contribution in [3.63, 3.8) is 0 Å². The summed E-state index contributed by atoms with van der Waals surface area (Å²) in [6.45, 7) is 1.65. The molecule has 2 aliphatic heterocycles. The molecule has 2 aliphatic rings. The van der Waals surface area contributed by atoms with E-state index in [2.05, 4.69) is 19.5 Å². The van der Waals surface area contributed by atoms with E-state index in [1.54, 1.807) is 0 Å². The quantitative estimate of drug-likeness (QED) is 0.710. The van der Waals surface area contributed by atoms with E-state index in [1.165, 1.54) is 12.5 Å². The number of benzene rings is 1. The number of sulfonamides is 1. The number of likely N-dealkylation sites (tertiary alicyclic amines) is 1. The second-order valence-corrected chi connectivity index (χ2v) is 9.74. The number of nitrogens with zero attached hydrogens (tertiary/aromatic N) is 4. The first kappa shape index (κ1) is 21.7. The zero-order chi connectivity index (χ0) is 21.7. The molecule has 2 aromatic rings. The maximum atomic E-state index is 12.9. The van der Waals surface area contributed by atoms with Gasteiger partial charge in [0.2, 0.25) is 15.9 Å². The third kappa shape index (κ3) is 5.40. The summed E-state index contributed by atoms with van der Waals surface area (Å²) >= 11 is 0. The van der Waals surface area contributed by atoms with E-state index in [1.807, 2.05) is 35.2 Å². The summed E-state index contributed by atoms with van der Waals surface area (Å²) < 4.78 is 29.1. The molecule has 1 N–H and O–H groups in total. The second-order valence-electron chi connectivity index (χ2n) is 8.08. The number of nitrogens with one attached hydrogen (secondary N) is 1. The van der Waals surface area contributed by atoms with Gasteiger partial charge in [0.05, 0.1) is 6.04 Å². The third-order valence-corrected chi connectivity index (χ3v) is 6.99. The van der Waals surface area contributed by atoms with Gasteiger partial charge in [-0.15, -0.1) is 10.2 Å². The van der Waals surface area contributed by atoms with Crippen LogP contribution in [0.25, 0.3) is 6.08 Å². The molecule has 1 fully saturated rings. The topological polar surface area (TPSA) is 97.2 Å². The Hall–Kier alpha value is -2.52. The molecule has 0 aliphatic carbocycles. The van der Waals surface area contributed by atoms with Crippen LogP contribution in [0.15, 0.2) is 35.7 Å². The molecule has 4 rings (SSSR count). The predicted octanol–water partition coefficient (Wildman–Crippen LogP) is 2.65. The molecule has 1 saturated heterocycles. The van der Waals surface area contributed by atoms with Crippen molar-refractivity contribution in [3.8, 4) is 0 Å². The Bertz CT molecular complexity index is 1030. The number of aromatic nitrogens is 3. The maximum absolute atomic E-state index is 12.9. The molecule has 9 heteroatoms. The largest absolute Gasteiger partial charge is 0.332 e. The van der Waals surface area contributed by atoms with Gasteiger partial charge in [0, 0.05) is 37.9 Å². The van der Waals surface area contributed by atoms with Gasteiger partial charge in [0.25, 0.3) is 0 Å². The number of hydrogen-bond acceptors (Lipinski definition) is 5. The maximum Gasteiger partial charge on any atom is 0.233 e. The molecule has 1 amide bonds. The van der Waals surface area contributed by atoms with Gasteiger partial charge in [0.1, 0.15) is 5.82 Å². The van der Waals surface area contributed by atoms with Gasteiger partial charge < -0.3 is 9.47 Å². The van der Waals surface area contributed by atoms with Crippen molar-refractivity contribution in [2.24, 2.45) is 0 Å². The SMILES string of the molecule is O=C(CCNS(=O)(=O)/C=C/c1ccccc1)N1CCCC1c1nnc2n1CCCCC2. The monoisotopic (exact) mass is 443 g/mol. The van der Waals surface area contributed by atoms with E-state index in [0.29, 0.717) is 6.54 Å². The van der Waals surface area contributed by atoms with Crippen LogP contribution in [0.4, 0.5) is 0 Å². The van der Waals surface area contributed by atoms with Crippen LogP contribution in [-0.2, 0) is 27.8 Å². The lowest BCUT2D eigenvalue weighted by molar-refractivity contribution is -0.132. The first-order valence-corrected chi connectivity index (χ1v) is 12.5. The van der Waals surface area contributed by atoms with Crippen molar-refractivity contribution in [3.05, 3.63) is 53.0 Å². The van der Waals surface area contributed by atoms with Gasteiger partial charge in [-0.1, -0.05) is 36.8 Å². The average Bonchev–Trinajstić information content (AvgIpc) is 3.34. The van der Waals surface area contributed by atoms with Crippen molar-refractivity contribution in [1.29, 1.82) is 0 Å². The summed E-state index contributed by atoms with van der Waals surface area (Å²) in [6.07, 6.45) is 7.81. The van der Waals surface area contributed by atoms with E-state index in [0.717, 1.165) is 61.3 Å². The Labute approximate surface area is 183 Å². The third-order valence-electron chi connectivity index (χ3n) is 5.89. The number of carbonyl (C=O) groups is 1. The summed E-state index contributed by atoms with van der Waals surface area (Å²) in [6, 6.07) is 9.15. The number of fused-ring (bicyclic) bond motifs is 1. The first-order valence-electron chi connectivity index (χ1n) is 11.0. The second kappa shape index (κ2) is 9.74. The van der Waals surface area contributed by atoms with Gasteiger partial charge in [-0.3, -0.25) is 4.79 Å². The highest BCUT2D eigenvalue weighted by molar-refractivity contribution is 7.92. The number of carbonyl (C=O) groups excluding carboxylic acids is 1. The lowest BCUT2D eigenvalue weighted by Crippen LogP contribution is -2.35. The molecule has 0 spiro atoms. The van der Waals surface area contributed by atoms with Gasteiger partial charge in [-0.2, -0.15) is 0 Å². The first-order chi connectivity index (χ1) is 15.0. The van der Waals surface area contributed by atoms with Crippen LogP contribution < -0.4 is 4.72 Å². The molecule has 166 valence electrons. The summed E-state index contributed by atoms with van der Waals surface area (Å²) in [5.74, 6) is 1.85. The highest BCUT2D eigenvalue weighted by Crippen LogP contribution is 2.32. The average molecular weight is 444 g/mol. The van der Waals surface area contributed by atoms with Gasteiger partial charge in [-0.05, 0) is 37.3 Å². The van der Waals surface area contributed by atoms with Gasteiger partial charge in [0.15, 0.2) is 5.82 Å². The molecule has 8 nitrogen and oxygen atoms in total. The van der Waals surface area contributed by atoms with Crippen LogP contribution in [0.2, 0.25) is 0 Å².